The van der Waals surface area contributed by atoms with Gasteiger partial charge in [-0.1, -0.05) is 32.2 Å². The van der Waals surface area contributed by atoms with Gasteiger partial charge in [0.05, 0.1) is 11.4 Å². The summed E-state index contributed by atoms with van der Waals surface area (Å²) in [7, 11) is 0. The van der Waals surface area contributed by atoms with E-state index in [1.54, 1.807) is 26.0 Å². The van der Waals surface area contributed by atoms with Crippen LogP contribution in [0.1, 0.15) is 84.6 Å². The Morgan fingerprint density at radius 2 is 1.09 bits per heavy atom. The number of aromatic amines is 2. The molecule has 0 spiro atoms. The minimum atomic E-state index is -0.925. The number of H-pyrrole nitrogens is 2. The fourth-order valence-electron chi connectivity index (χ4n) is 5.90. The Balaban J connectivity index is 1.86. The molecule has 0 unspecified atom stereocenters. The van der Waals surface area contributed by atoms with Crippen molar-refractivity contribution in [3.8, 4) is 0 Å². The maximum atomic E-state index is 12.3. The molecule has 10 nitrogen and oxygen atoms in total. The number of carbonyl (C=O) groups is 4. The van der Waals surface area contributed by atoms with Crippen LogP contribution in [0.15, 0.2) is 59.0 Å². The number of allylic oxidation sites excluding steroid dienone is 2. The van der Waals surface area contributed by atoms with E-state index in [4.69, 9.17) is 0 Å². The third-order valence-corrected chi connectivity index (χ3v) is 8.50. The second-order valence-electron chi connectivity index (χ2n) is 11.1. The largest absolute Gasteiger partial charge is 0.481 e. The van der Waals surface area contributed by atoms with Crippen LogP contribution >= 0.6 is 0 Å². The SMILES string of the molecule is C=CC1=C(C)C(=O)NC1=Cc1[nH]c(C(C)c2[nH]c(C=C3NC(=O)C(C)=C3C=C)c(C)c2CCC(=O)O)c(CCC(=O)O)c1C. The van der Waals surface area contributed by atoms with Crippen molar-refractivity contribution < 1.29 is 29.4 Å². The summed E-state index contributed by atoms with van der Waals surface area (Å²) in [4.78, 5) is 54.8. The van der Waals surface area contributed by atoms with Gasteiger partial charge < -0.3 is 30.8 Å². The highest BCUT2D eigenvalue weighted by atomic mass is 16.4. The molecule has 2 aromatic rings. The zero-order valence-corrected chi connectivity index (χ0v) is 25.7. The van der Waals surface area contributed by atoms with Gasteiger partial charge in [-0.25, -0.2) is 0 Å². The summed E-state index contributed by atoms with van der Waals surface area (Å²) in [5.74, 6) is -2.57. The fourth-order valence-corrected chi connectivity index (χ4v) is 5.90. The lowest BCUT2D eigenvalue weighted by Gasteiger charge is -2.15. The second kappa shape index (κ2) is 12.6. The lowest BCUT2D eigenvalue weighted by atomic mass is 9.91. The van der Waals surface area contributed by atoms with Gasteiger partial charge in [0.1, 0.15) is 0 Å². The molecule has 10 heteroatoms. The Hall–Kier alpha value is -5.12. The average Bonchev–Trinajstić information content (AvgIpc) is 3.63. The molecule has 44 heavy (non-hydrogen) atoms. The first kappa shape index (κ1) is 31.8. The summed E-state index contributed by atoms with van der Waals surface area (Å²) in [6, 6.07) is 0. The summed E-state index contributed by atoms with van der Waals surface area (Å²) >= 11 is 0. The summed E-state index contributed by atoms with van der Waals surface area (Å²) in [6.45, 7) is 16.9. The molecule has 0 aromatic carbocycles. The number of nitrogens with one attached hydrogen (secondary N) is 4. The lowest BCUT2D eigenvalue weighted by Crippen LogP contribution is -2.15. The van der Waals surface area contributed by atoms with Crippen molar-refractivity contribution in [3.63, 3.8) is 0 Å². The molecule has 2 aliphatic heterocycles. The lowest BCUT2D eigenvalue weighted by molar-refractivity contribution is -0.138. The zero-order chi connectivity index (χ0) is 32.5. The van der Waals surface area contributed by atoms with Crippen LogP contribution in [-0.4, -0.2) is 43.9 Å². The maximum absolute atomic E-state index is 12.3. The third-order valence-electron chi connectivity index (χ3n) is 8.50. The molecule has 0 radical (unpaired) electrons. The first-order valence-electron chi connectivity index (χ1n) is 14.4. The molecule has 0 saturated carbocycles. The van der Waals surface area contributed by atoms with Crippen molar-refractivity contribution in [2.24, 2.45) is 0 Å². The van der Waals surface area contributed by atoms with Crippen LogP contribution in [0.25, 0.3) is 12.2 Å². The monoisotopic (exact) mass is 598 g/mol. The summed E-state index contributed by atoms with van der Waals surface area (Å²) in [5.41, 5.74) is 10.1. The number of carboxylic acids is 2. The van der Waals surface area contributed by atoms with Crippen LogP contribution in [0.5, 0.6) is 0 Å². The van der Waals surface area contributed by atoms with E-state index in [1.165, 1.54) is 0 Å². The van der Waals surface area contributed by atoms with Crippen LogP contribution in [-0.2, 0) is 32.0 Å². The van der Waals surface area contributed by atoms with E-state index in [1.807, 2.05) is 32.9 Å². The molecule has 2 amide bonds. The van der Waals surface area contributed by atoms with Gasteiger partial charge in [-0.15, -0.1) is 0 Å². The van der Waals surface area contributed by atoms with Crippen molar-refractivity contribution in [2.75, 3.05) is 0 Å². The van der Waals surface area contributed by atoms with Crippen LogP contribution in [0.3, 0.4) is 0 Å². The summed E-state index contributed by atoms with van der Waals surface area (Å²) in [6.07, 6.45) is 7.30. The topological polar surface area (TPSA) is 164 Å². The van der Waals surface area contributed by atoms with Crippen LogP contribution in [0.4, 0.5) is 0 Å². The van der Waals surface area contributed by atoms with E-state index in [-0.39, 0.29) is 43.4 Å². The average molecular weight is 599 g/mol. The fraction of sp³-hybridized carbons (Fsp3) is 0.294. The number of rotatable bonds is 12. The Morgan fingerprint density at radius 1 is 0.727 bits per heavy atom. The first-order chi connectivity index (χ1) is 20.8. The van der Waals surface area contributed by atoms with Gasteiger partial charge in [-0.05, 0) is 74.9 Å². The van der Waals surface area contributed by atoms with Crippen molar-refractivity contribution >= 4 is 35.9 Å². The van der Waals surface area contributed by atoms with E-state index in [2.05, 4.69) is 33.8 Å². The highest BCUT2D eigenvalue weighted by Gasteiger charge is 2.28. The number of carboxylic acid groups (broad SMARTS) is 2. The van der Waals surface area contributed by atoms with Gasteiger partial charge in [-0.2, -0.15) is 0 Å². The Labute approximate surface area is 256 Å². The Bertz CT molecular complexity index is 1610. The number of aromatic nitrogens is 2. The third kappa shape index (κ3) is 6.01. The van der Waals surface area contributed by atoms with Crippen LogP contribution in [0, 0.1) is 13.8 Å². The van der Waals surface area contributed by atoms with Crippen molar-refractivity contribution in [3.05, 3.63) is 104 Å². The molecule has 0 bridgehead atoms. The van der Waals surface area contributed by atoms with Crippen LogP contribution < -0.4 is 10.6 Å². The quantitative estimate of drug-likeness (QED) is 0.199. The van der Waals surface area contributed by atoms with E-state index in [9.17, 15) is 29.4 Å². The molecule has 2 aliphatic rings. The minimum absolute atomic E-state index is 0.0786. The smallest absolute Gasteiger partial charge is 0.303 e. The predicted molar refractivity (Wildman–Crippen MR) is 169 cm³/mol. The molecular weight excluding hydrogens is 560 g/mol. The molecule has 0 saturated heterocycles. The van der Waals surface area contributed by atoms with Gasteiger partial charge in [-0.3, -0.25) is 19.2 Å². The highest BCUT2D eigenvalue weighted by molar-refractivity contribution is 6.02. The van der Waals surface area contributed by atoms with E-state index in [0.717, 1.165) is 45.0 Å². The molecule has 2 aromatic heterocycles. The molecule has 0 atom stereocenters. The molecule has 6 N–H and O–H groups in total. The number of carbonyl (C=O) groups excluding carboxylic acids is 2. The number of amides is 2. The van der Waals surface area contributed by atoms with E-state index >= 15 is 0 Å². The maximum Gasteiger partial charge on any atom is 0.303 e. The molecule has 0 fully saturated rings. The van der Waals surface area contributed by atoms with Gasteiger partial charge >= 0.3 is 11.9 Å². The molecule has 4 rings (SSSR count). The molecular formula is C34H38N4O6. The zero-order valence-electron chi connectivity index (χ0n) is 25.7. The predicted octanol–water partition coefficient (Wildman–Crippen LogP) is 5.09. The Morgan fingerprint density at radius 3 is 1.41 bits per heavy atom. The molecule has 230 valence electrons. The standard InChI is InChI=1S/C34H38N4O6/c1-8-21-18(5)33(43)37-27(21)14-25-16(3)23(10-12-29(39)40)31(35-25)20(7)32-24(11-13-30(41)42)17(4)26(36-32)15-28-22(9-2)19(6)34(44)38-28/h8-9,14-15,20,35-36H,1-2,10-13H2,3-7H3,(H,37,43)(H,38,44)(H,39,40)(H,41,42). The van der Waals surface area contributed by atoms with Gasteiger partial charge in [0.15, 0.2) is 0 Å². The van der Waals surface area contributed by atoms with Gasteiger partial charge in [0.25, 0.3) is 11.8 Å². The highest BCUT2D eigenvalue weighted by Crippen LogP contribution is 2.37. The van der Waals surface area contributed by atoms with Gasteiger partial charge in [0, 0.05) is 63.8 Å². The van der Waals surface area contributed by atoms with E-state index in [0.29, 0.717) is 33.7 Å². The summed E-state index contributed by atoms with van der Waals surface area (Å²) in [5, 5.41) is 24.7. The van der Waals surface area contributed by atoms with Crippen molar-refractivity contribution in [1.29, 1.82) is 0 Å². The molecule has 0 aliphatic carbocycles. The normalized spacial score (nSPS) is 17.5. The first-order valence-corrected chi connectivity index (χ1v) is 14.4. The van der Waals surface area contributed by atoms with Crippen molar-refractivity contribution in [1.82, 2.24) is 20.6 Å². The Kier molecular flexibility index (Phi) is 9.13. The second-order valence-corrected chi connectivity index (χ2v) is 11.1. The van der Waals surface area contributed by atoms with E-state index < -0.39 is 11.9 Å². The van der Waals surface area contributed by atoms with Crippen molar-refractivity contribution in [2.45, 2.75) is 66.2 Å². The summed E-state index contributed by atoms with van der Waals surface area (Å²) < 4.78 is 0. The van der Waals surface area contributed by atoms with Gasteiger partial charge in [0.2, 0.25) is 0 Å². The number of hydrogen-bond acceptors (Lipinski definition) is 4. The number of hydrogen-bond donors (Lipinski definition) is 6. The van der Waals surface area contributed by atoms with Crippen LogP contribution in [0.2, 0.25) is 0 Å². The molecule has 4 heterocycles. The minimum Gasteiger partial charge on any atom is -0.481 e. The number of aliphatic carboxylic acids is 2.